The number of carbonyl (C=O) groups is 1. The predicted octanol–water partition coefficient (Wildman–Crippen LogP) is 5.44. The fraction of sp³-hybridized carbons (Fsp3) is 0.200. The van der Waals surface area contributed by atoms with Crippen molar-refractivity contribution >= 4 is 34.4 Å². The van der Waals surface area contributed by atoms with Crippen molar-refractivity contribution in [2.75, 3.05) is 10.6 Å². The Morgan fingerprint density at radius 3 is 2.28 bits per heavy atom. The van der Waals surface area contributed by atoms with Gasteiger partial charge in [-0.25, -0.2) is 4.98 Å². The lowest BCUT2D eigenvalue weighted by Gasteiger charge is -2.19. The summed E-state index contributed by atoms with van der Waals surface area (Å²) in [5.74, 6) is 0.618. The summed E-state index contributed by atoms with van der Waals surface area (Å²) in [4.78, 5) is 17.1. The summed E-state index contributed by atoms with van der Waals surface area (Å²) in [6, 6.07) is 15.7. The van der Waals surface area contributed by atoms with Crippen LogP contribution in [0.25, 0.3) is 0 Å². The Morgan fingerprint density at radius 1 is 1.00 bits per heavy atom. The van der Waals surface area contributed by atoms with E-state index in [0.717, 1.165) is 11.5 Å². The maximum Gasteiger partial charge on any atom is 0.265 e. The van der Waals surface area contributed by atoms with Crippen LogP contribution < -0.4 is 10.6 Å². The van der Waals surface area contributed by atoms with E-state index in [1.807, 2.05) is 23.6 Å². The van der Waals surface area contributed by atoms with Crippen molar-refractivity contribution in [3.05, 3.63) is 70.5 Å². The predicted molar refractivity (Wildman–Crippen MR) is 105 cm³/mol. The van der Waals surface area contributed by atoms with Crippen LogP contribution in [0, 0.1) is 0 Å². The van der Waals surface area contributed by atoms with Gasteiger partial charge in [0.15, 0.2) is 0 Å². The first-order valence-corrected chi connectivity index (χ1v) is 8.98. The third kappa shape index (κ3) is 4.45. The number of rotatable bonds is 4. The van der Waals surface area contributed by atoms with Gasteiger partial charge in [-0.3, -0.25) is 4.79 Å². The third-order valence-electron chi connectivity index (χ3n) is 3.79. The highest BCUT2D eigenvalue weighted by molar-refractivity contribution is 7.12. The van der Waals surface area contributed by atoms with E-state index in [-0.39, 0.29) is 11.3 Å². The van der Waals surface area contributed by atoms with Gasteiger partial charge in [0.05, 0.1) is 16.8 Å². The van der Waals surface area contributed by atoms with E-state index in [0.29, 0.717) is 10.6 Å². The van der Waals surface area contributed by atoms with Crippen molar-refractivity contribution in [3.8, 4) is 0 Å². The summed E-state index contributed by atoms with van der Waals surface area (Å²) in [5, 5.41) is 7.99. The molecule has 0 unspecified atom stereocenters. The molecule has 128 valence electrons. The molecule has 0 aliphatic heterocycles. The molecule has 0 saturated heterocycles. The van der Waals surface area contributed by atoms with Crippen molar-refractivity contribution in [2.24, 2.45) is 0 Å². The van der Waals surface area contributed by atoms with Crippen LogP contribution in [0.5, 0.6) is 0 Å². The molecule has 4 nitrogen and oxygen atoms in total. The number of benzene rings is 1. The molecular weight excluding hydrogens is 330 g/mol. The molecule has 0 spiro atoms. The zero-order chi connectivity index (χ0) is 17.9. The topological polar surface area (TPSA) is 54.0 Å². The highest BCUT2D eigenvalue weighted by atomic mass is 32.1. The van der Waals surface area contributed by atoms with E-state index < -0.39 is 0 Å². The molecule has 0 fully saturated rings. The van der Waals surface area contributed by atoms with Gasteiger partial charge in [0.1, 0.15) is 5.82 Å². The van der Waals surface area contributed by atoms with Crippen molar-refractivity contribution in [2.45, 2.75) is 26.2 Å². The maximum absolute atomic E-state index is 12.0. The molecule has 25 heavy (non-hydrogen) atoms. The van der Waals surface area contributed by atoms with Gasteiger partial charge in [0.25, 0.3) is 5.91 Å². The standard InChI is InChI=1S/C20H21N3OS/c1-20(2,3)14-6-8-15(9-7-14)22-18-11-10-16(13-21-18)23-19(24)17-5-4-12-25-17/h4-13H,1-3H3,(H,21,22)(H,23,24). The number of pyridine rings is 1. The average Bonchev–Trinajstić information content (AvgIpc) is 3.11. The van der Waals surface area contributed by atoms with Gasteiger partial charge in [0.2, 0.25) is 0 Å². The van der Waals surface area contributed by atoms with E-state index in [2.05, 4.69) is 60.7 Å². The van der Waals surface area contributed by atoms with Crippen molar-refractivity contribution in [1.29, 1.82) is 0 Å². The van der Waals surface area contributed by atoms with Crippen molar-refractivity contribution < 1.29 is 4.79 Å². The molecule has 5 heteroatoms. The van der Waals surface area contributed by atoms with Crippen LogP contribution in [-0.2, 0) is 5.41 Å². The monoisotopic (exact) mass is 351 g/mol. The SMILES string of the molecule is CC(C)(C)c1ccc(Nc2ccc(NC(=O)c3cccs3)cn2)cc1. The summed E-state index contributed by atoms with van der Waals surface area (Å²) in [7, 11) is 0. The number of anilines is 3. The second-order valence-electron chi connectivity index (χ2n) is 6.82. The second-order valence-corrected chi connectivity index (χ2v) is 7.76. The fourth-order valence-electron chi connectivity index (χ4n) is 2.34. The van der Waals surface area contributed by atoms with Gasteiger partial charge < -0.3 is 10.6 Å². The lowest BCUT2D eigenvalue weighted by molar-refractivity contribution is 0.103. The first-order valence-electron chi connectivity index (χ1n) is 8.10. The number of thiophene rings is 1. The summed E-state index contributed by atoms with van der Waals surface area (Å²) in [5.41, 5.74) is 3.08. The molecule has 0 aliphatic carbocycles. The minimum atomic E-state index is -0.115. The molecule has 0 atom stereocenters. The quantitative estimate of drug-likeness (QED) is 0.658. The molecule has 0 bridgehead atoms. The normalized spacial score (nSPS) is 11.2. The number of aromatic nitrogens is 1. The molecule has 0 aliphatic rings. The van der Waals surface area contributed by atoms with Crippen molar-refractivity contribution in [1.82, 2.24) is 4.98 Å². The Kier molecular flexibility index (Phi) is 4.86. The molecule has 3 rings (SSSR count). The number of nitrogens with one attached hydrogen (secondary N) is 2. The minimum Gasteiger partial charge on any atom is -0.340 e. The van der Waals surface area contributed by atoms with Crippen LogP contribution >= 0.6 is 11.3 Å². The molecule has 1 amide bonds. The number of carbonyl (C=O) groups excluding carboxylic acids is 1. The maximum atomic E-state index is 12.0. The van der Waals surface area contributed by atoms with Gasteiger partial charge in [0, 0.05) is 5.69 Å². The lowest BCUT2D eigenvalue weighted by Crippen LogP contribution is -2.11. The van der Waals surface area contributed by atoms with Crippen molar-refractivity contribution in [3.63, 3.8) is 0 Å². The second kappa shape index (κ2) is 7.07. The van der Waals surface area contributed by atoms with E-state index in [1.54, 1.807) is 12.3 Å². The van der Waals surface area contributed by atoms with Gasteiger partial charge in [-0.2, -0.15) is 0 Å². The van der Waals surface area contributed by atoms with Crippen LogP contribution in [-0.4, -0.2) is 10.9 Å². The van der Waals surface area contributed by atoms with Crippen LogP contribution in [0.1, 0.15) is 36.0 Å². The van der Waals surface area contributed by atoms with Crippen LogP contribution in [0.15, 0.2) is 60.1 Å². The lowest BCUT2D eigenvalue weighted by atomic mass is 9.87. The highest BCUT2D eigenvalue weighted by Crippen LogP contribution is 2.24. The molecule has 0 saturated carbocycles. The molecule has 2 N–H and O–H groups in total. The third-order valence-corrected chi connectivity index (χ3v) is 4.66. The number of hydrogen-bond donors (Lipinski definition) is 2. The Balaban J connectivity index is 1.63. The Hall–Kier alpha value is -2.66. The molecule has 2 heterocycles. The summed E-state index contributed by atoms with van der Waals surface area (Å²) >= 11 is 1.41. The van der Waals surface area contributed by atoms with Gasteiger partial charge >= 0.3 is 0 Å². The smallest absolute Gasteiger partial charge is 0.265 e. The zero-order valence-corrected chi connectivity index (χ0v) is 15.4. The fourth-order valence-corrected chi connectivity index (χ4v) is 2.96. The molecule has 0 radical (unpaired) electrons. The molecule has 3 aromatic rings. The van der Waals surface area contributed by atoms with Gasteiger partial charge in [-0.1, -0.05) is 39.0 Å². The summed E-state index contributed by atoms with van der Waals surface area (Å²) in [6.07, 6.45) is 1.65. The first kappa shape index (κ1) is 17.2. The van der Waals surface area contributed by atoms with Gasteiger partial charge in [-0.05, 0) is 46.7 Å². The number of nitrogens with zero attached hydrogens (tertiary/aromatic N) is 1. The molecule has 1 aromatic carbocycles. The average molecular weight is 351 g/mol. The number of amides is 1. The Morgan fingerprint density at radius 2 is 1.72 bits per heavy atom. The summed E-state index contributed by atoms with van der Waals surface area (Å²) in [6.45, 7) is 6.58. The summed E-state index contributed by atoms with van der Waals surface area (Å²) < 4.78 is 0. The zero-order valence-electron chi connectivity index (χ0n) is 14.5. The van der Waals surface area contributed by atoms with E-state index in [4.69, 9.17) is 0 Å². The largest absolute Gasteiger partial charge is 0.340 e. The molecule has 2 aromatic heterocycles. The number of hydrogen-bond acceptors (Lipinski definition) is 4. The Bertz CT molecular complexity index is 832. The van der Waals surface area contributed by atoms with Crippen LogP contribution in [0.4, 0.5) is 17.2 Å². The Labute approximate surface area is 151 Å². The van der Waals surface area contributed by atoms with Crippen LogP contribution in [0.3, 0.4) is 0 Å². The first-order chi connectivity index (χ1) is 11.9. The molecular formula is C20H21N3OS. The highest BCUT2D eigenvalue weighted by Gasteiger charge is 2.13. The van der Waals surface area contributed by atoms with E-state index in [1.165, 1.54) is 16.9 Å². The minimum absolute atomic E-state index is 0.115. The van der Waals surface area contributed by atoms with Gasteiger partial charge in [-0.15, -0.1) is 11.3 Å². The van der Waals surface area contributed by atoms with Crippen LogP contribution in [0.2, 0.25) is 0 Å². The van der Waals surface area contributed by atoms with E-state index >= 15 is 0 Å². The van der Waals surface area contributed by atoms with E-state index in [9.17, 15) is 4.79 Å².